The van der Waals surface area contributed by atoms with Crippen molar-refractivity contribution in [3.05, 3.63) is 0 Å². The van der Waals surface area contributed by atoms with E-state index < -0.39 is 5.97 Å². The Kier molecular flexibility index (Phi) is 11.3. The van der Waals surface area contributed by atoms with Gasteiger partial charge in [-0.15, -0.1) is 0 Å². The van der Waals surface area contributed by atoms with Crippen molar-refractivity contribution in [2.24, 2.45) is 0 Å². The van der Waals surface area contributed by atoms with Gasteiger partial charge < -0.3 is 14.7 Å². The first-order valence-electron chi connectivity index (χ1n) is 7.19. The summed E-state index contributed by atoms with van der Waals surface area (Å²) in [6.45, 7) is 6.27. The van der Waals surface area contributed by atoms with Gasteiger partial charge >= 0.3 is 11.9 Å². The highest BCUT2D eigenvalue weighted by Crippen LogP contribution is 2.03. The quantitative estimate of drug-likeness (QED) is 0.436. The number of hydrogen-bond donors (Lipinski definition) is 1. The van der Waals surface area contributed by atoms with E-state index in [-0.39, 0.29) is 12.4 Å². The first-order valence-corrected chi connectivity index (χ1v) is 7.19. The van der Waals surface area contributed by atoms with E-state index in [2.05, 4.69) is 6.92 Å². The van der Waals surface area contributed by atoms with Crippen LogP contribution in [0.2, 0.25) is 0 Å². The molecule has 0 fully saturated rings. The fourth-order valence-corrected chi connectivity index (χ4v) is 1.83. The van der Waals surface area contributed by atoms with Gasteiger partial charge in [-0.25, -0.2) is 0 Å². The first kappa shape index (κ1) is 17.9. The molecule has 0 spiro atoms. The van der Waals surface area contributed by atoms with Crippen molar-refractivity contribution < 1.29 is 19.4 Å². The van der Waals surface area contributed by atoms with Crippen LogP contribution in [0.25, 0.3) is 0 Å². The summed E-state index contributed by atoms with van der Waals surface area (Å²) in [7, 11) is 0. The fourth-order valence-electron chi connectivity index (χ4n) is 1.83. The molecule has 5 nitrogen and oxygen atoms in total. The minimum atomic E-state index is -0.797. The molecule has 0 aromatic carbocycles. The molecule has 0 radical (unpaired) electrons. The van der Waals surface area contributed by atoms with Crippen LogP contribution in [0.15, 0.2) is 0 Å². The van der Waals surface area contributed by atoms with Gasteiger partial charge in [0, 0.05) is 13.1 Å². The highest BCUT2D eigenvalue weighted by Gasteiger charge is 2.10. The number of carbonyl (C=O) groups excluding carboxylic acids is 1. The number of aliphatic carboxylic acids is 1. The van der Waals surface area contributed by atoms with E-state index in [0.29, 0.717) is 26.1 Å². The standard InChI is InChI=1S/C14H27NO4/c1-3-5-6-7-10-15(11-8-13(16)17)12-9-14(18)19-4-2/h3-12H2,1-2H3,(H,16,17). The number of hydrogen-bond acceptors (Lipinski definition) is 4. The van der Waals surface area contributed by atoms with Crippen molar-refractivity contribution in [2.45, 2.75) is 52.4 Å². The molecule has 0 aliphatic carbocycles. The summed E-state index contributed by atoms with van der Waals surface area (Å²) in [5.74, 6) is -1.01. The van der Waals surface area contributed by atoms with Gasteiger partial charge in [0.1, 0.15) is 0 Å². The van der Waals surface area contributed by atoms with E-state index in [0.717, 1.165) is 19.4 Å². The molecule has 5 heteroatoms. The molecule has 0 rings (SSSR count). The van der Waals surface area contributed by atoms with E-state index in [1.807, 2.05) is 4.90 Å². The van der Waals surface area contributed by atoms with Crippen LogP contribution in [0.3, 0.4) is 0 Å². The van der Waals surface area contributed by atoms with Gasteiger partial charge in [-0.3, -0.25) is 9.59 Å². The molecule has 1 N–H and O–H groups in total. The summed E-state index contributed by atoms with van der Waals surface area (Å²) >= 11 is 0. The lowest BCUT2D eigenvalue weighted by Gasteiger charge is -2.21. The summed E-state index contributed by atoms with van der Waals surface area (Å²) in [5, 5.41) is 8.72. The Labute approximate surface area is 115 Å². The third kappa shape index (κ3) is 11.7. The Bertz CT molecular complexity index is 256. The third-order valence-corrected chi connectivity index (χ3v) is 2.91. The van der Waals surface area contributed by atoms with Crippen molar-refractivity contribution in [1.29, 1.82) is 0 Å². The summed E-state index contributed by atoms with van der Waals surface area (Å²) in [4.78, 5) is 23.9. The molecule has 19 heavy (non-hydrogen) atoms. The Morgan fingerprint density at radius 3 is 2.26 bits per heavy atom. The van der Waals surface area contributed by atoms with Crippen LogP contribution in [0.1, 0.15) is 52.4 Å². The predicted octanol–water partition coefficient (Wildman–Crippen LogP) is 2.30. The zero-order chi connectivity index (χ0) is 14.5. The van der Waals surface area contributed by atoms with Gasteiger partial charge in [-0.05, 0) is 19.9 Å². The molecule has 0 aromatic rings. The number of ether oxygens (including phenoxy) is 1. The summed E-state index contributed by atoms with van der Waals surface area (Å²) in [5.41, 5.74) is 0. The summed E-state index contributed by atoms with van der Waals surface area (Å²) in [6.07, 6.45) is 5.04. The number of rotatable bonds is 12. The molecule has 112 valence electrons. The third-order valence-electron chi connectivity index (χ3n) is 2.91. The number of carbonyl (C=O) groups is 2. The smallest absolute Gasteiger partial charge is 0.307 e. The Balaban J connectivity index is 3.94. The van der Waals surface area contributed by atoms with Crippen molar-refractivity contribution in [2.75, 3.05) is 26.2 Å². The molecule has 0 atom stereocenters. The maximum atomic E-state index is 11.3. The topological polar surface area (TPSA) is 66.8 Å². The largest absolute Gasteiger partial charge is 0.481 e. The van der Waals surface area contributed by atoms with Gasteiger partial charge in [-0.1, -0.05) is 26.2 Å². The lowest BCUT2D eigenvalue weighted by atomic mass is 10.2. The molecule has 0 aliphatic rings. The number of esters is 1. The van der Waals surface area contributed by atoms with Crippen LogP contribution >= 0.6 is 0 Å². The first-order chi connectivity index (χ1) is 9.10. The second kappa shape index (κ2) is 12.0. The average molecular weight is 273 g/mol. The second-order valence-electron chi connectivity index (χ2n) is 4.60. The van der Waals surface area contributed by atoms with Crippen LogP contribution in [0.4, 0.5) is 0 Å². The average Bonchev–Trinajstić information content (AvgIpc) is 2.37. The highest BCUT2D eigenvalue weighted by atomic mass is 16.5. The lowest BCUT2D eigenvalue weighted by molar-refractivity contribution is -0.143. The number of carboxylic acid groups (broad SMARTS) is 1. The Morgan fingerprint density at radius 2 is 1.68 bits per heavy atom. The van der Waals surface area contributed by atoms with Gasteiger partial charge in [0.2, 0.25) is 0 Å². The Morgan fingerprint density at radius 1 is 1.00 bits per heavy atom. The van der Waals surface area contributed by atoms with Crippen molar-refractivity contribution >= 4 is 11.9 Å². The van der Waals surface area contributed by atoms with Gasteiger partial charge in [0.25, 0.3) is 0 Å². The van der Waals surface area contributed by atoms with Gasteiger partial charge in [-0.2, -0.15) is 0 Å². The normalized spacial score (nSPS) is 10.7. The van der Waals surface area contributed by atoms with Gasteiger partial charge in [0.15, 0.2) is 0 Å². The van der Waals surface area contributed by atoms with Crippen LogP contribution in [-0.4, -0.2) is 48.2 Å². The lowest BCUT2D eigenvalue weighted by Crippen LogP contribution is -2.30. The molecule has 0 bridgehead atoms. The fraction of sp³-hybridized carbons (Fsp3) is 0.857. The number of nitrogens with zero attached hydrogens (tertiary/aromatic N) is 1. The molecule has 0 unspecified atom stereocenters. The zero-order valence-corrected chi connectivity index (χ0v) is 12.2. The van der Waals surface area contributed by atoms with Crippen molar-refractivity contribution in [3.8, 4) is 0 Å². The Hall–Kier alpha value is -1.10. The molecular formula is C14H27NO4. The van der Waals surface area contributed by atoms with Crippen molar-refractivity contribution in [1.82, 2.24) is 4.90 Å². The van der Waals surface area contributed by atoms with E-state index in [1.165, 1.54) is 12.8 Å². The molecule has 0 heterocycles. The van der Waals surface area contributed by atoms with Crippen LogP contribution in [0, 0.1) is 0 Å². The summed E-state index contributed by atoms with van der Waals surface area (Å²) in [6, 6.07) is 0. The maximum Gasteiger partial charge on any atom is 0.307 e. The molecule has 0 amide bonds. The van der Waals surface area contributed by atoms with Crippen LogP contribution < -0.4 is 0 Å². The minimum Gasteiger partial charge on any atom is -0.481 e. The van der Waals surface area contributed by atoms with Crippen LogP contribution in [0.5, 0.6) is 0 Å². The highest BCUT2D eigenvalue weighted by molar-refractivity contribution is 5.69. The maximum absolute atomic E-state index is 11.3. The molecule has 0 saturated heterocycles. The zero-order valence-electron chi connectivity index (χ0n) is 12.2. The predicted molar refractivity (Wildman–Crippen MR) is 74.1 cm³/mol. The number of unbranched alkanes of at least 4 members (excludes halogenated alkanes) is 3. The second-order valence-corrected chi connectivity index (χ2v) is 4.60. The monoisotopic (exact) mass is 273 g/mol. The van der Waals surface area contributed by atoms with Gasteiger partial charge in [0.05, 0.1) is 19.4 Å². The van der Waals surface area contributed by atoms with E-state index >= 15 is 0 Å². The molecule has 0 aliphatic heterocycles. The number of carboxylic acids is 1. The van der Waals surface area contributed by atoms with Crippen molar-refractivity contribution in [3.63, 3.8) is 0 Å². The molecular weight excluding hydrogens is 246 g/mol. The molecule has 0 saturated carbocycles. The SMILES string of the molecule is CCCCCCN(CCC(=O)O)CCC(=O)OCC. The van der Waals surface area contributed by atoms with E-state index in [4.69, 9.17) is 9.84 Å². The molecule has 0 aromatic heterocycles. The summed E-state index contributed by atoms with van der Waals surface area (Å²) < 4.78 is 4.88. The van der Waals surface area contributed by atoms with E-state index in [9.17, 15) is 9.59 Å². The minimum absolute atomic E-state index is 0.122. The van der Waals surface area contributed by atoms with E-state index in [1.54, 1.807) is 6.92 Å². The van der Waals surface area contributed by atoms with Crippen LogP contribution in [-0.2, 0) is 14.3 Å².